The highest BCUT2D eigenvalue weighted by atomic mass is 16.5. The second kappa shape index (κ2) is 3.39. The Morgan fingerprint density at radius 3 is 3.21 bits per heavy atom. The number of rotatable bonds is 2. The number of hydrogen-bond acceptors (Lipinski definition) is 3. The van der Waals surface area contributed by atoms with Gasteiger partial charge in [-0.25, -0.2) is 4.79 Å². The number of ether oxygens (including phenoxy) is 2. The topological polar surface area (TPSA) is 35.5 Å². The van der Waals surface area contributed by atoms with Crippen molar-refractivity contribution in [2.24, 2.45) is 11.3 Å². The molecule has 1 aliphatic heterocycles. The Hall–Kier alpha value is -0.830. The number of carbonyl (C=O) groups is 1. The van der Waals surface area contributed by atoms with Crippen molar-refractivity contribution in [3.05, 3.63) is 11.6 Å². The first-order chi connectivity index (χ1) is 6.65. The van der Waals surface area contributed by atoms with Crippen LogP contribution in [0.4, 0.5) is 0 Å². The SMILES string of the molecule is CCOC(=O)/C=C1/C[C@@]2(C)COC[C@@H]12. The van der Waals surface area contributed by atoms with Crippen LogP contribution in [0.2, 0.25) is 0 Å². The van der Waals surface area contributed by atoms with Crippen molar-refractivity contribution in [1.82, 2.24) is 0 Å². The molecule has 0 aromatic heterocycles. The summed E-state index contributed by atoms with van der Waals surface area (Å²) in [4.78, 5) is 11.2. The molecule has 0 aromatic carbocycles. The van der Waals surface area contributed by atoms with Gasteiger partial charge in [0.2, 0.25) is 0 Å². The van der Waals surface area contributed by atoms with Crippen molar-refractivity contribution in [3.8, 4) is 0 Å². The highest BCUT2D eigenvalue weighted by Gasteiger charge is 2.50. The number of carbonyl (C=O) groups excluding carboxylic acids is 1. The summed E-state index contributed by atoms with van der Waals surface area (Å²) in [5.41, 5.74) is 1.49. The molecule has 1 aliphatic carbocycles. The van der Waals surface area contributed by atoms with E-state index < -0.39 is 0 Å². The fraction of sp³-hybridized carbons (Fsp3) is 0.727. The lowest BCUT2D eigenvalue weighted by Gasteiger charge is -2.42. The molecular formula is C11H16O3. The lowest BCUT2D eigenvalue weighted by molar-refractivity contribution is -0.137. The summed E-state index contributed by atoms with van der Waals surface area (Å²) in [7, 11) is 0. The minimum absolute atomic E-state index is 0.212. The van der Waals surface area contributed by atoms with Gasteiger partial charge >= 0.3 is 5.97 Å². The summed E-state index contributed by atoms with van der Waals surface area (Å²) in [6, 6.07) is 0. The number of hydrogen-bond donors (Lipinski definition) is 0. The van der Waals surface area contributed by atoms with Gasteiger partial charge in [0.25, 0.3) is 0 Å². The molecule has 2 fully saturated rings. The summed E-state index contributed by atoms with van der Waals surface area (Å²) < 4.78 is 10.3. The van der Waals surface area contributed by atoms with E-state index in [1.54, 1.807) is 6.08 Å². The Bertz CT molecular complexity index is 282. The van der Waals surface area contributed by atoms with Gasteiger partial charge in [0.05, 0.1) is 19.8 Å². The molecule has 14 heavy (non-hydrogen) atoms. The second-order valence-corrected chi connectivity index (χ2v) is 4.37. The van der Waals surface area contributed by atoms with Crippen LogP contribution >= 0.6 is 0 Å². The zero-order valence-electron chi connectivity index (χ0n) is 8.71. The maximum Gasteiger partial charge on any atom is 0.330 e. The summed E-state index contributed by atoms with van der Waals surface area (Å²) >= 11 is 0. The molecule has 3 nitrogen and oxygen atoms in total. The molecule has 1 saturated carbocycles. The van der Waals surface area contributed by atoms with Gasteiger partial charge in [-0.05, 0) is 13.3 Å². The van der Waals surface area contributed by atoms with Gasteiger partial charge in [-0.1, -0.05) is 12.5 Å². The van der Waals surface area contributed by atoms with Crippen LogP contribution in [-0.4, -0.2) is 25.8 Å². The largest absolute Gasteiger partial charge is 0.463 e. The molecule has 3 heteroatoms. The standard InChI is InChI=1S/C11H16O3/c1-3-14-10(12)4-8-5-11(2)7-13-6-9(8)11/h4,9H,3,5-7H2,1-2H3/b8-4-/t9-,11-/m0/s1. The van der Waals surface area contributed by atoms with E-state index in [1.807, 2.05) is 6.92 Å². The van der Waals surface area contributed by atoms with Gasteiger partial charge in [0.1, 0.15) is 0 Å². The van der Waals surface area contributed by atoms with Gasteiger partial charge in [-0.3, -0.25) is 0 Å². The van der Waals surface area contributed by atoms with Crippen LogP contribution in [-0.2, 0) is 14.3 Å². The highest BCUT2D eigenvalue weighted by molar-refractivity contribution is 5.83. The van der Waals surface area contributed by atoms with Crippen molar-refractivity contribution in [2.75, 3.05) is 19.8 Å². The van der Waals surface area contributed by atoms with Crippen LogP contribution in [0.1, 0.15) is 20.3 Å². The van der Waals surface area contributed by atoms with E-state index in [9.17, 15) is 4.79 Å². The summed E-state index contributed by atoms with van der Waals surface area (Å²) in [6.45, 7) is 6.08. The Balaban J connectivity index is 1.99. The molecule has 78 valence electrons. The first-order valence-corrected chi connectivity index (χ1v) is 5.10. The summed E-state index contributed by atoms with van der Waals surface area (Å²) in [5, 5.41) is 0. The van der Waals surface area contributed by atoms with E-state index in [2.05, 4.69) is 6.92 Å². The van der Waals surface area contributed by atoms with Crippen molar-refractivity contribution in [2.45, 2.75) is 20.3 Å². The third-order valence-corrected chi connectivity index (χ3v) is 3.20. The predicted molar refractivity (Wildman–Crippen MR) is 51.7 cm³/mol. The normalized spacial score (nSPS) is 37.9. The zero-order chi connectivity index (χ0) is 10.2. The lowest BCUT2D eigenvalue weighted by atomic mass is 9.60. The van der Waals surface area contributed by atoms with Crippen LogP contribution in [0.15, 0.2) is 11.6 Å². The molecule has 0 amide bonds. The molecule has 0 bridgehead atoms. The Morgan fingerprint density at radius 2 is 2.57 bits per heavy atom. The van der Waals surface area contributed by atoms with Gasteiger partial charge in [-0.15, -0.1) is 0 Å². The molecule has 0 unspecified atom stereocenters. The minimum Gasteiger partial charge on any atom is -0.463 e. The van der Waals surface area contributed by atoms with Gasteiger partial charge in [0, 0.05) is 17.4 Å². The average molecular weight is 196 g/mol. The molecule has 2 atom stereocenters. The van der Waals surface area contributed by atoms with E-state index in [4.69, 9.17) is 9.47 Å². The molecule has 0 aromatic rings. The lowest BCUT2D eigenvalue weighted by Crippen LogP contribution is -2.39. The van der Waals surface area contributed by atoms with E-state index in [1.165, 1.54) is 5.57 Å². The van der Waals surface area contributed by atoms with Crippen molar-refractivity contribution < 1.29 is 14.3 Å². The molecule has 2 rings (SSSR count). The smallest absolute Gasteiger partial charge is 0.330 e. The maximum absolute atomic E-state index is 11.2. The first-order valence-electron chi connectivity index (χ1n) is 5.10. The monoisotopic (exact) mass is 196 g/mol. The molecule has 1 saturated heterocycles. The fourth-order valence-corrected chi connectivity index (χ4v) is 2.39. The van der Waals surface area contributed by atoms with Crippen LogP contribution in [0.5, 0.6) is 0 Å². The maximum atomic E-state index is 11.2. The second-order valence-electron chi connectivity index (χ2n) is 4.37. The summed E-state index contributed by atoms with van der Waals surface area (Å²) in [5.74, 6) is 0.239. The molecule has 1 heterocycles. The Morgan fingerprint density at radius 1 is 1.79 bits per heavy atom. The quantitative estimate of drug-likeness (QED) is 0.496. The zero-order valence-corrected chi connectivity index (χ0v) is 8.71. The molecule has 2 aliphatic rings. The van der Waals surface area contributed by atoms with E-state index in [0.717, 1.165) is 19.6 Å². The molecule has 0 radical (unpaired) electrons. The highest BCUT2D eigenvalue weighted by Crippen LogP contribution is 2.54. The van der Waals surface area contributed by atoms with Gasteiger partial charge in [0.15, 0.2) is 0 Å². The average Bonchev–Trinajstić information content (AvgIpc) is 2.39. The Labute approximate surface area is 84.1 Å². The summed E-state index contributed by atoms with van der Waals surface area (Å²) in [6.07, 6.45) is 2.63. The fourth-order valence-electron chi connectivity index (χ4n) is 2.39. The van der Waals surface area contributed by atoms with Crippen LogP contribution < -0.4 is 0 Å². The molecule has 0 N–H and O–H groups in total. The van der Waals surface area contributed by atoms with Crippen LogP contribution in [0, 0.1) is 11.3 Å². The van der Waals surface area contributed by atoms with E-state index in [-0.39, 0.29) is 5.97 Å². The number of fused-ring (bicyclic) bond motifs is 1. The van der Waals surface area contributed by atoms with Crippen molar-refractivity contribution in [1.29, 1.82) is 0 Å². The third-order valence-electron chi connectivity index (χ3n) is 3.20. The first kappa shape index (κ1) is 9.71. The van der Waals surface area contributed by atoms with Crippen molar-refractivity contribution in [3.63, 3.8) is 0 Å². The molecule has 0 spiro atoms. The van der Waals surface area contributed by atoms with Crippen LogP contribution in [0.3, 0.4) is 0 Å². The third kappa shape index (κ3) is 1.46. The van der Waals surface area contributed by atoms with Gasteiger partial charge < -0.3 is 9.47 Å². The van der Waals surface area contributed by atoms with E-state index in [0.29, 0.717) is 17.9 Å². The predicted octanol–water partition coefficient (Wildman–Crippen LogP) is 1.53. The van der Waals surface area contributed by atoms with Gasteiger partial charge in [-0.2, -0.15) is 0 Å². The number of esters is 1. The van der Waals surface area contributed by atoms with Crippen LogP contribution in [0.25, 0.3) is 0 Å². The van der Waals surface area contributed by atoms with Crippen molar-refractivity contribution >= 4 is 5.97 Å². The minimum atomic E-state index is -0.212. The Kier molecular flexibility index (Phi) is 2.35. The molecular weight excluding hydrogens is 180 g/mol. The van der Waals surface area contributed by atoms with E-state index >= 15 is 0 Å².